The molecule has 0 fully saturated rings. The van der Waals surface area contributed by atoms with Crippen LogP contribution in [0, 0.1) is 0 Å². The van der Waals surface area contributed by atoms with Gasteiger partial charge in [-0.25, -0.2) is 13.1 Å². The minimum absolute atomic E-state index is 0.0670. The quantitative estimate of drug-likeness (QED) is 0.645. The average Bonchev–Trinajstić information content (AvgIpc) is 2.68. The van der Waals surface area contributed by atoms with Crippen molar-refractivity contribution in [1.82, 2.24) is 4.72 Å². The molecule has 0 atom stereocenters. The van der Waals surface area contributed by atoms with Crippen LogP contribution >= 0.6 is 0 Å². The summed E-state index contributed by atoms with van der Waals surface area (Å²) in [6.07, 6.45) is 1.70. The number of sulfonamides is 1. The van der Waals surface area contributed by atoms with Gasteiger partial charge in [-0.2, -0.15) is 0 Å². The van der Waals surface area contributed by atoms with Crippen LogP contribution in [0.1, 0.15) is 67.9 Å². The molecule has 6 nitrogen and oxygen atoms in total. The second-order valence-corrected chi connectivity index (χ2v) is 9.19. The van der Waals surface area contributed by atoms with Crippen molar-refractivity contribution in [2.45, 2.75) is 56.9 Å². The van der Waals surface area contributed by atoms with Crippen LogP contribution in [0.4, 0.5) is 0 Å². The fourth-order valence-corrected chi connectivity index (χ4v) is 5.28. The van der Waals surface area contributed by atoms with E-state index in [9.17, 15) is 13.2 Å². The van der Waals surface area contributed by atoms with E-state index < -0.39 is 21.5 Å². The number of nitrogens with one attached hydrogen (secondary N) is 1. The highest BCUT2D eigenvalue weighted by Crippen LogP contribution is 2.35. The van der Waals surface area contributed by atoms with Crippen molar-refractivity contribution < 1.29 is 17.9 Å². The standard InChI is InChI=1S/C22H30N2O4S/c1-6-15(7-2)16-13-18(21(23)25)20(19(14-16)28-5)29(26,27)24-22(3,4)17-11-9-8-10-12-17/h8-15,24H,6-7H2,1-5H3,(H2,23,25). The lowest BCUT2D eigenvalue weighted by molar-refractivity contribution is 0.0996. The normalized spacial score (nSPS) is 12.2. The van der Waals surface area contributed by atoms with Crippen LogP contribution < -0.4 is 15.2 Å². The van der Waals surface area contributed by atoms with Crippen LogP contribution in [-0.4, -0.2) is 21.4 Å². The number of primary amides is 1. The first-order chi connectivity index (χ1) is 13.6. The van der Waals surface area contributed by atoms with Gasteiger partial charge in [-0.1, -0.05) is 44.2 Å². The predicted octanol–water partition coefficient (Wildman–Crippen LogP) is 3.91. The van der Waals surface area contributed by atoms with E-state index in [4.69, 9.17) is 10.5 Å². The summed E-state index contributed by atoms with van der Waals surface area (Å²) in [5.74, 6) is -0.527. The van der Waals surface area contributed by atoms with E-state index in [2.05, 4.69) is 4.72 Å². The van der Waals surface area contributed by atoms with Crippen molar-refractivity contribution >= 4 is 15.9 Å². The SMILES string of the molecule is CCC(CC)c1cc(OC)c(S(=O)(=O)NC(C)(C)c2ccccc2)c(C(N)=O)c1. The van der Waals surface area contributed by atoms with Gasteiger partial charge in [-0.3, -0.25) is 4.79 Å². The lowest BCUT2D eigenvalue weighted by Gasteiger charge is -2.28. The van der Waals surface area contributed by atoms with Gasteiger partial charge in [-0.15, -0.1) is 0 Å². The third-order valence-corrected chi connectivity index (χ3v) is 6.91. The van der Waals surface area contributed by atoms with Crippen LogP contribution in [0.25, 0.3) is 0 Å². The van der Waals surface area contributed by atoms with Gasteiger partial charge in [0, 0.05) is 0 Å². The summed E-state index contributed by atoms with van der Waals surface area (Å²) in [6.45, 7) is 7.60. The summed E-state index contributed by atoms with van der Waals surface area (Å²) in [7, 11) is -2.73. The number of methoxy groups -OCH3 is 1. The van der Waals surface area contributed by atoms with Crippen LogP contribution in [0.5, 0.6) is 5.75 Å². The number of hydrogen-bond acceptors (Lipinski definition) is 4. The van der Waals surface area contributed by atoms with Crippen molar-refractivity contribution in [2.75, 3.05) is 7.11 Å². The van der Waals surface area contributed by atoms with Crippen molar-refractivity contribution in [3.8, 4) is 5.75 Å². The molecular weight excluding hydrogens is 388 g/mol. The van der Waals surface area contributed by atoms with E-state index in [-0.39, 0.29) is 22.1 Å². The fourth-order valence-electron chi connectivity index (χ4n) is 3.53. The summed E-state index contributed by atoms with van der Waals surface area (Å²) in [4.78, 5) is 12.0. The third-order valence-electron chi connectivity index (χ3n) is 5.17. The maximum Gasteiger partial charge on any atom is 0.250 e. The van der Waals surface area contributed by atoms with Crippen LogP contribution in [0.3, 0.4) is 0 Å². The number of amides is 1. The van der Waals surface area contributed by atoms with Gasteiger partial charge in [0.25, 0.3) is 0 Å². The molecule has 2 rings (SSSR count). The van der Waals surface area contributed by atoms with Gasteiger partial charge in [0.1, 0.15) is 10.6 Å². The first-order valence-corrected chi connectivity index (χ1v) is 11.2. The van der Waals surface area contributed by atoms with Crippen molar-refractivity contribution in [3.63, 3.8) is 0 Å². The Labute approximate surface area is 173 Å². The van der Waals surface area contributed by atoms with Crippen LogP contribution in [0.15, 0.2) is 47.4 Å². The summed E-state index contributed by atoms with van der Waals surface area (Å²) in [5.41, 5.74) is 6.22. The molecule has 0 saturated carbocycles. The summed E-state index contributed by atoms with van der Waals surface area (Å²) in [5, 5.41) is 0. The lowest BCUT2D eigenvalue weighted by Crippen LogP contribution is -2.41. The molecule has 0 spiro atoms. The molecule has 7 heteroatoms. The van der Waals surface area contributed by atoms with E-state index in [1.807, 2.05) is 44.2 Å². The zero-order chi connectivity index (χ0) is 21.8. The van der Waals surface area contributed by atoms with Gasteiger partial charge >= 0.3 is 0 Å². The largest absolute Gasteiger partial charge is 0.495 e. The summed E-state index contributed by atoms with van der Waals surface area (Å²) >= 11 is 0. The first-order valence-electron chi connectivity index (χ1n) is 9.68. The minimum atomic E-state index is -4.12. The number of carbonyl (C=O) groups is 1. The summed E-state index contributed by atoms with van der Waals surface area (Å²) < 4.78 is 34.8. The Balaban J connectivity index is 2.63. The Morgan fingerprint density at radius 3 is 2.21 bits per heavy atom. The third kappa shape index (κ3) is 4.97. The predicted molar refractivity (Wildman–Crippen MR) is 115 cm³/mol. The van der Waals surface area contributed by atoms with Gasteiger partial charge < -0.3 is 10.5 Å². The molecule has 0 aliphatic carbocycles. The van der Waals surface area contributed by atoms with Gasteiger partial charge in [-0.05, 0) is 55.9 Å². The molecular formula is C22H30N2O4S. The number of hydrogen-bond donors (Lipinski definition) is 2. The smallest absolute Gasteiger partial charge is 0.250 e. The number of carbonyl (C=O) groups excluding carboxylic acids is 1. The lowest BCUT2D eigenvalue weighted by atomic mass is 9.92. The fraction of sp³-hybridized carbons (Fsp3) is 0.409. The second kappa shape index (κ2) is 8.97. The molecule has 0 heterocycles. The molecule has 3 N–H and O–H groups in total. The Morgan fingerprint density at radius 1 is 1.14 bits per heavy atom. The molecule has 0 aromatic heterocycles. The van der Waals surface area contributed by atoms with E-state index in [1.54, 1.807) is 26.0 Å². The Bertz CT molecular complexity index is 966. The Kier molecular flexibility index (Phi) is 7.08. The van der Waals surface area contributed by atoms with E-state index in [1.165, 1.54) is 7.11 Å². The zero-order valence-electron chi connectivity index (χ0n) is 17.7. The molecule has 0 unspecified atom stereocenters. The molecule has 0 aliphatic heterocycles. The van der Waals surface area contributed by atoms with Crippen LogP contribution in [0.2, 0.25) is 0 Å². The highest BCUT2D eigenvalue weighted by Gasteiger charge is 2.33. The molecule has 0 aliphatic rings. The Hall–Kier alpha value is -2.38. The van der Waals surface area contributed by atoms with E-state index in [0.29, 0.717) is 0 Å². The molecule has 158 valence electrons. The van der Waals surface area contributed by atoms with Gasteiger partial charge in [0.2, 0.25) is 15.9 Å². The second-order valence-electron chi connectivity index (χ2n) is 7.57. The van der Waals surface area contributed by atoms with E-state index >= 15 is 0 Å². The number of rotatable bonds is 9. The number of ether oxygens (including phenoxy) is 1. The highest BCUT2D eigenvalue weighted by atomic mass is 32.2. The van der Waals surface area contributed by atoms with Crippen molar-refractivity contribution in [1.29, 1.82) is 0 Å². The molecule has 29 heavy (non-hydrogen) atoms. The number of nitrogens with two attached hydrogens (primary N) is 1. The molecule has 0 bridgehead atoms. The van der Waals surface area contributed by atoms with Crippen molar-refractivity contribution in [2.24, 2.45) is 5.73 Å². The van der Waals surface area contributed by atoms with Gasteiger partial charge in [0.15, 0.2) is 0 Å². The maximum atomic E-state index is 13.3. The Morgan fingerprint density at radius 2 is 1.72 bits per heavy atom. The topological polar surface area (TPSA) is 98.5 Å². The minimum Gasteiger partial charge on any atom is -0.495 e. The van der Waals surface area contributed by atoms with E-state index in [0.717, 1.165) is 24.0 Å². The maximum absolute atomic E-state index is 13.3. The molecule has 0 saturated heterocycles. The monoisotopic (exact) mass is 418 g/mol. The van der Waals surface area contributed by atoms with Gasteiger partial charge in [0.05, 0.1) is 18.2 Å². The van der Waals surface area contributed by atoms with Crippen LogP contribution in [-0.2, 0) is 15.6 Å². The number of benzene rings is 2. The molecule has 2 aromatic rings. The molecule has 0 radical (unpaired) electrons. The zero-order valence-corrected chi connectivity index (χ0v) is 18.5. The summed E-state index contributed by atoms with van der Waals surface area (Å²) in [6, 6.07) is 12.5. The average molecular weight is 419 g/mol. The van der Waals surface area contributed by atoms with Crippen molar-refractivity contribution in [3.05, 3.63) is 59.2 Å². The molecule has 1 amide bonds. The highest BCUT2D eigenvalue weighted by molar-refractivity contribution is 7.89. The first kappa shape index (κ1) is 22.9. The molecule has 2 aromatic carbocycles.